The summed E-state index contributed by atoms with van der Waals surface area (Å²) >= 11 is 0. The van der Waals surface area contributed by atoms with E-state index in [0.29, 0.717) is 5.82 Å². The van der Waals surface area contributed by atoms with Gasteiger partial charge in [-0.25, -0.2) is 9.97 Å². The summed E-state index contributed by atoms with van der Waals surface area (Å²) < 4.78 is 6.86. The molecule has 0 unspecified atom stereocenters. The molecule has 2 heterocycles. The lowest BCUT2D eigenvalue weighted by atomic mass is 9.93. The van der Waals surface area contributed by atoms with Gasteiger partial charge in [-0.1, -0.05) is 176 Å². The maximum Gasteiger partial charge on any atom is 0.160 e. The van der Waals surface area contributed by atoms with Crippen LogP contribution in [0.2, 0.25) is 0 Å². The molecule has 3 nitrogen and oxygen atoms in total. The van der Waals surface area contributed by atoms with Crippen molar-refractivity contribution in [2.45, 2.75) is 0 Å². The van der Waals surface area contributed by atoms with E-state index in [1.165, 1.54) is 27.6 Å². The van der Waals surface area contributed by atoms with Crippen LogP contribution in [0.15, 0.2) is 199 Å². The van der Waals surface area contributed by atoms with E-state index in [9.17, 15) is 0 Å². The third-order valence-electron chi connectivity index (χ3n) is 10.1. The number of furan rings is 1. The van der Waals surface area contributed by atoms with Gasteiger partial charge in [0.25, 0.3) is 0 Å². The Kier molecular flexibility index (Phi) is 7.47. The van der Waals surface area contributed by atoms with Gasteiger partial charge in [-0.15, -0.1) is 0 Å². The number of nitrogens with zero attached hydrogens (tertiary/aromatic N) is 2. The molecule has 0 bridgehead atoms. The van der Waals surface area contributed by atoms with Crippen molar-refractivity contribution in [1.82, 2.24) is 9.97 Å². The van der Waals surface area contributed by atoms with Crippen LogP contribution in [0, 0.1) is 0 Å². The first kappa shape index (κ1) is 30.7. The minimum Gasteiger partial charge on any atom is -0.455 e. The molecule has 248 valence electrons. The molecule has 0 saturated carbocycles. The van der Waals surface area contributed by atoms with Crippen molar-refractivity contribution < 1.29 is 4.42 Å². The Hall–Kier alpha value is -7.10. The molecule has 0 aliphatic carbocycles. The molecule has 8 aromatic carbocycles. The molecule has 0 radical (unpaired) electrons. The zero-order valence-electron chi connectivity index (χ0n) is 28.8. The fourth-order valence-corrected chi connectivity index (χ4v) is 7.47. The van der Waals surface area contributed by atoms with E-state index in [0.717, 1.165) is 66.5 Å². The molecule has 0 amide bonds. The Bertz CT molecular complexity index is 2860. The van der Waals surface area contributed by atoms with Crippen molar-refractivity contribution in [3.05, 3.63) is 194 Å². The van der Waals surface area contributed by atoms with E-state index in [4.69, 9.17) is 14.4 Å². The Morgan fingerprint density at radius 2 is 0.792 bits per heavy atom. The first-order chi connectivity index (χ1) is 26.3. The highest BCUT2D eigenvalue weighted by molar-refractivity contribution is 6.20. The molecule has 3 heteroatoms. The average molecular weight is 677 g/mol. The van der Waals surface area contributed by atoms with Gasteiger partial charge in [0.1, 0.15) is 11.2 Å². The second-order valence-electron chi connectivity index (χ2n) is 13.3. The van der Waals surface area contributed by atoms with Crippen molar-refractivity contribution >= 4 is 32.7 Å². The van der Waals surface area contributed by atoms with Gasteiger partial charge in [-0.3, -0.25) is 0 Å². The van der Waals surface area contributed by atoms with Crippen molar-refractivity contribution in [3.63, 3.8) is 0 Å². The van der Waals surface area contributed by atoms with Crippen LogP contribution in [0.4, 0.5) is 0 Å². The number of aromatic nitrogens is 2. The number of hydrogen-bond acceptors (Lipinski definition) is 3. The summed E-state index contributed by atoms with van der Waals surface area (Å²) in [7, 11) is 0. The lowest BCUT2D eigenvalue weighted by Gasteiger charge is -2.10. The minimum absolute atomic E-state index is 0.705. The summed E-state index contributed by atoms with van der Waals surface area (Å²) in [4.78, 5) is 10.00. The third kappa shape index (κ3) is 5.56. The van der Waals surface area contributed by atoms with Gasteiger partial charge in [0.05, 0.1) is 11.4 Å². The fourth-order valence-electron chi connectivity index (χ4n) is 7.47. The Morgan fingerprint density at radius 3 is 1.51 bits per heavy atom. The summed E-state index contributed by atoms with van der Waals surface area (Å²) in [6.07, 6.45) is 0. The van der Waals surface area contributed by atoms with Crippen LogP contribution in [-0.2, 0) is 0 Å². The lowest BCUT2D eigenvalue weighted by molar-refractivity contribution is 0.674. The predicted molar refractivity (Wildman–Crippen MR) is 219 cm³/mol. The van der Waals surface area contributed by atoms with E-state index < -0.39 is 0 Å². The van der Waals surface area contributed by atoms with Crippen molar-refractivity contribution in [3.8, 4) is 67.3 Å². The third-order valence-corrected chi connectivity index (χ3v) is 10.1. The van der Waals surface area contributed by atoms with Gasteiger partial charge < -0.3 is 4.42 Å². The largest absolute Gasteiger partial charge is 0.455 e. The molecular formula is C50H32N2O. The van der Waals surface area contributed by atoms with Crippen molar-refractivity contribution in [2.75, 3.05) is 0 Å². The lowest BCUT2D eigenvalue weighted by Crippen LogP contribution is -1.95. The zero-order chi connectivity index (χ0) is 35.1. The van der Waals surface area contributed by atoms with Crippen LogP contribution in [0.1, 0.15) is 0 Å². The maximum atomic E-state index is 6.86. The normalized spacial score (nSPS) is 11.4. The maximum absolute atomic E-state index is 6.86. The molecule has 10 aromatic rings. The molecular weight excluding hydrogens is 645 g/mol. The minimum atomic E-state index is 0.705. The van der Waals surface area contributed by atoms with Crippen LogP contribution in [0.25, 0.3) is 100.0 Å². The molecule has 0 atom stereocenters. The Morgan fingerprint density at radius 1 is 0.283 bits per heavy atom. The smallest absolute Gasteiger partial charge is 0.160 e. The number of benzene rings is 8. The molecule has 2 aromatic heterocycles. The van der Waals surface area contributed by atoms with Crippen molar-refractivity contribution in [1.29, 1.82) is 0 Å². The summed E-state index contributed by atoms with van der Waals surface area (Å²) in [6, 6.07) is 67.9. The zero-order valence-corrected chi connectivity index (χ0v) is 28.8. The summed E-state index contributed by atoms with van der Waals surface area (Å²) in [6.45, 7) is 0. The predicted octanol–water partition coefficient (Wildman–Crippen LogP) is 13.5. The monoisotopic (exact) mass is 676 g/mol. The molecule has 0 aliphatic rings. The quantitative estimate of drug-likeness (QED) is 0.176. The molecule has 0 N–H and O–H groups in total. The van der Waals surface area contributed by atoms with E-state index >= 15 is 0 Å². The van der Waals surface area contributed by atoms with E-state index in [1.54, 1.807) is 0 Å². The number of rotatable bonds is 6. The van der Waals surface area contributed by atoms with Crippen LogP contribution in [-0.4, -0.2) is 9.97 Å². The summed E-state index contributed by atoms with van der Waals surface area (Å²) in [5.41, 5.74) is 13.5. The number of hydrogen-bond donors (Lipinski definition) is 0. The first-order valence-electron chi connectivity index (χ1n) is 17.9. The van der Waals surface area contributed by atoms with Gasteiger partial charge >= 0.3 is 0 Å². The number of para-hydroxylation sites is 1. The van der Waals surface area contributed by atoms with Crippen LogP contribution in [0.5, 0.6) is 0 Å². The number of fused-ring (bicyclic) bond motifs is 5. The standard InChI is InChI=1S/C50H32N2O/c1-4-14-33(15-5-1)38-20-12-21-39(30-38)44-31-45-43-25-13-24-40(48(43)53-49(45)42-23-11-10-22-41(42)44)34-26-28-36(29-27-34)47-32-46(35-16-6-2-7-17-35)51-50(52-47)37-18-8-3-9-19-37/h1-32H. The SMILES string of the molecule is c1ccc(-c2cccc(-c3cc4c5cccc(-c6ccc(-c7cc(-c8ccccc8)nc(-c8ccccc8)n7)cc6)c5oc4c4ccccc34)c2)cc1. The fraction of sp³-hybridized carbons (Fsp3) is 0. The van der Waals surface area contributed by atoms with Crippen LogP contribution in [0.3, 0.4) is 0 Å². The van der Waals surface area contributed by atoms with Gasteiger partial charge in [0, 0.05) is 38.4 Å². The molecule has 53 heavy (non-hydrogen) atoms. The molecule has 0 saturated heterocycles. The highest BCUT2D eigenvalue weighted by Crippen LogP contribution is 2.43. The van der Waals surface area contributed by atoms with Gasteiger partial charge in [-0.05, 0) is 51.4 Å². The van der Waals surface area contributed by atoms with Gasteiger partial charge in [0.2, 0.25) is 0 Å². The highest BCUT2D eigenvalue weighted by Gasteiger charge is 2.18. The second kappa shape index (κ2) is 12.9. The molecule has 0 fully saturated rings. The van der Waals surface area contributed by atoms with Gasteiger partial charge in [0.15, 0.2) is 5.82 Å². The summed E-state index contributed by atoms with van der Waals surface area (Å²) in [5.74, 6) is 0.705. The molecule has 10 rings (SSSR count). The van der Waals surface area contributed by atoms with Crippen LogP contribution >= 0.6 is 0 Å². The first-order valence-corrected chi connectivity index (χ1v) is 17.9. The summed E-state index contributed by atoms with van der Waals surface area (Å²) in [5, 5.41) is 4.49. The molecule has 0 spiro atoms. The average Bonchev–Trinajstić information content (AvgIpc) is 3.63. The second-order valence-corrected chi connectivity index (χ2v) is 13.3. The van der Waals surface area contributed by atoms with Gasteiger partial charge in [-0.2, -0.15) is 0 Å². The van der Waals surface area contributed by atoms with E-state index in [-0.39, 0.29) is 0 Å². The van der Waals surface area contributed by atoms with E-state index in [2.05, 4.69) is 158 Å². The van der Waals surface area contributed by atoms with E-state index in [1.807, 2.05) is 36.4 Å². The Balaban J connectivity index is 1.08. The Labute approximate surface area is 307 Å². The highest BCUT2D eigenvalue weighted by atomic mass is 16.3. The van der Waals surface area contributed by atoms with Crippen molar-refractivity contribution in [2.24, 2.45) is 0 Å². The van der Waals surface area contributed by atoms with Crippen LogP contribution < -0.4 is 0 Å². The topological polar surface area (TPSA) is 38.9 Å². The molecule has 0 aliphatic heterocycles.